The van der Waals surface area contributed by atoms with Gasteiger partial charge in [-0.3, -0.25) is 14.2 Å². The van der Waals surface area contributed by atoms with Gasteiger partial charge in [0.1, 0.15) is 11.6 Å². The van der Waals surface area contributed by atoms with Crippen LogP contribution >= 0.6 is 0 Å². The number of nitrogens with two attached hydrogens (primary N) is 1. The van der Waals surface area contributed by atoms with Gasteiger partial charge in [-0.25, -0.2) is 9.37 Å². The number of carbonyl (C=O) groups excluding carboxylic acids is 1. The van der Waals surface area contributed by atoms with Crippen molar-refractivity contribution >= 4 is 5.91 Å². The Morgan fingerprint density at radius 2 is 1.90 bits per heavy atom. The molecule has 1 aromatic heterocycles. The fourth-order valence-corrected chi connectivity index (χ4v) is 5.93. The second kappa shape index (κ2) is 11.7. The lowest BCUT2D eigenvalue weighted by Gasteiger charge is -2.36. The summed E-state index contributed by atoms with van der Waals surface area (Å²) in [4.78, 5) is 35.2. The molecule has 0 saturated carbocycles. The number of aryl methyl sites for hydroxylation is 1. The summed E-state index contributed by atoms with van der Waals surface area (Å²) in [6, 6.07) is 14.0. The minimum atomic E-state index is -0.497. The standard InChI is InChI=1S/C33H37FN4O2/c1-21(2)30(37(17-9-16-35)32(39)24-15-14-22(3)28(34)19-24)29-27(18-23-10-5-4-6-11-23)33(40)38-20-25-12-7-8-13-26(25)31(38)36-29/h4-8,10-15,19,21,25-26,30H,9,16-18,20,35H2,1-3H3. The summed E-state index contributed by atoms with van der Waals surface area (Å²) in [6.07, 6.45) is 9.24. The minimum Gasteiger partial charge on any atom is -0.330 e. The molecule has 0 spiro atoms. The topological polar surface area (TPSA) is 81.2 Å². The quantitative estimate of drug-likeness (QED) is 0.399. The van der Waals surface area contributed by atoms with Crippen LogP contribution in [0.25, 0.3) is 0 Å². The average Bonchev–Trinajstić information content (AvgIpc) is 3.33. The van der Waals surface area contributed by atoms with E-state index < -0.39 is 11.9 Å². The highest BCUT2D eigenvalue weighted by atomic mass is 19.1. The van der Waals surface area contributed by atoms with E-state index in [4.69, 9.17) is 10.7 Å². The molecule has 1 aliphatic heterocycles. The molecule has 0 bridgehead atoms. The molecule has 3 unspecified atom stereocenters. The molecule has 3 atom stereocenters. The molecule has 0 fully saturated rings. The summed E-state index contributed by atoms with van der Waals surface area (Å²) < 4.78 is 16.4. The maximum Gasteiger partial charge on any atom is 0.257 e. The molecule has 2 aliphatic rings. The highest BCUT2D eigenvalue weighted by Crippen LogP contribution is 2.38. The Morgan fingerprint density at radius 3 is 2.60 bits per heavy atom. The Bertz CT molecular complexity index is 1510. The van der Waals surface area contributed by atoms with Gasteiger partial charge in [0.05, 0.1) is 11.7 Å². The number of fused-ring (bicyclic) bond motifs is 3. The third kappa shape index (κ3) is 5.30. The van der Waals surface area contributed by atoms with Crippen molar-refractivity contribution in [2.24, 2.45) is 17.6 Å². The maximum absolute atomic E-state index is 14.5. The summed E-state index contributed by atoms with van der Waals surface area (Å²) in [6.45, 7) is 7.09. The molecule has 0 saturated heterocycles. The smallest absolute Gasteiger partial charge is 0.257 e. The maximum atomic E-state index is 14.5. The number of hydrogen-bond donors (Lipinski definition) is 1. The van der Waals surface area contributed by atoms with E-state index in [-0.39, 0.29) is 34.8 Å². The Kier molecular flexibility index (Phi) is 8.12. The molecular weight excluding hydrogens is 503 g/mol. The highest BCUT2D eigenvalue weighted by Gasteiger charge is 2.38. The number of nitrogens with zero attached hydrogens (tertiary/aromatic N) is 3. The van der Waals surface area contributed by atoms with Gasteiger partial charge in [-0.05, 0) is 49.1 Å². The van der Waals surface area contributed by atoms with Crippen LogP contribution in [0.15, 0.2) is 77.6 Å². The minimum absolute atomic E-state index is 0.00873. The number of carbonyl (C=O) groups is 1. The number of allylic oxidation sites excluding steroid dienone is 4. The van der Waals surface area contributed by atoms with Crippen molar-refractivity contribution in [3.05, 3.63) is 123 Å². The van der Waals surface area contributed by atoms with E-state index in [0.29, 0.717) is 49.3 Å². The van der Waals surface area contributed by atoms with E-state index in [1.54, 1.807) is 24.0 Å². The molecule has 40 heavy (non-hydrogen) atoms. The molecule has 2 aromatic carbocycles. The molecule has 208 valence electrons. The van der Waals surface area contributed by atoms with E-state index in [2.05, 4.69) is 12.2 Å². The highest BCUT2D eigenvalue weighted by molar-refractivity contribution is 5.94. The molecule has 6 nitrogen and oxygen atoms in total. The van der Waals surface area contributed by atoms with Crippen LogP contribution in [0, 0.1) is 24.6 Å². The third-order valence-corrected chi connectivity index (χ3v) is 8.02. The van der Waals surface area contributed by atoms with E-state index >= 15 is 0 Å². The Hall–Kier alpha value is -3.84. The second-order valence-corrected chi connectivity index (χ2v) is 11.2. The van der Waals surface area contributed by atoms with Gasteiger partial charge in [0.15, 0.2) is 0 Å². The fourth-order valence-electron chi connectivity index (χ4n) is 5.93. The lowest BCUT2D eigenvalue weighted by atomic mass is 9.90. The third-order valence-electron chi connectivity index (χ3n) is 8.02. The monoisotopic (exact) mass is 540 g/mol. The number of benzene rings is 2. The lowest BCUT2D eigenvalue weighted by molar-refractivity contribution is 0.0613. The molecular formula is C33H37FN4O2. The van der Waals surface area contributed by atoms with Crippen molar-refractivity contribution in [2.45, 2.75) is 52.1 Å². The molecule has 1 aliphatic carbocycles. The predicted molar refractivity (Wildman–Crippen MR) is 156 cm³/mol. The Morgan fingerprint density at radius 1 is 1.15 bits per heavy atom. The molecule has 0 radical (unpaired) electrons. The summed E-state index contributed by atoms with van der Waals surface area (Å²) in [5.41, 5.74) is 8.81. The molecule has 7 heteroatoms. The van der Waals surface area contributed by atoms with Gasteiger partial charge in [-0.2, -0.15) is 0 Å². The zero-order valence-corrected chi connectivity index (χ0v) is 23.4. The Labute approximate surface area is 235 Å². The number of hydrogen-bond acceptors (Lipinski definition) is 4. The number of amides is 1. The van der Waals surface area contributed by atoms with Crippen molar-refractivity contribution in [3.8, 4) is 0 Å². The van der Waals surface area contributed by atoms with Crippen molar-refractivity contribution in [3.63, 3.8) is 0 Å². The van der Waals surface area contributed by atoms with Gasteiger partial charge >= 0.3 is 0 Å². The first-order valence-electron chi connectivity index (χ1n) is 14.1. The van der Waals surface area contributed by atoms with Crippen LogP contribution in [0.5, 0.6) is 0 Å². The summed E-state index contributed by atoms with van der Waals surface area (Å²) >= 11 is 0. The van der Waals surface area contributed by atoms with Crippen LogP contribution in [-0.2, 0) is 13.0 Å². The van der Waals surface area contributed by atoms with E-state index in [1.165, 1.54) is 6.07 Å². The first-order valence-corrected chi connectivity index (χ1v) is 14.1. The SMILES string of the molecule is Cc1ccc(C(=O)N(CCCN)C(c2nc3n(c(=O)c2Cc2ccccc2)CC2C=CC=CC32)C(C)C)cc1F. The summed E-state index contributed by atoms with van der Waals surface area (Å²) in [5.74, 6) is 0.133. The normalized spacial score (nSPS) is 18.1. The number of aromatic nitrogens is 2. The van der Waals surface area contributed by atoms with Gasteiger partial charge in [0.2, 0.25) is 0 Å². The van der Waals surface area contributed by atoms with Crippen LogP contribution in [0.2, 0.25) is 0 Å². The van der Waals surface area contributed by atoms with Gasteiger partial charge in [0.25, 0.3) is 11.5 Å². The van der Waals surface area contributed by atoms with Crippen molar-refractivity contribution < 1.29 is 9.18 Å². The van der Waals surface area contributed by atoms with Gasteiger partial charge in [0, 0.05) is 42.5 Å². The number of halogens is 1. The van der Waals surface area contributed by atoms with Gasteiger partial charge in [-0.1, -0.05) is 74.5 Å². The lowest BCUT2D eigenvalue weighted by Crippen LogP contribution is -2.41. The zero-order valence-electron chi connectivity index (χ0n) is 23.4. The molecule has 5 rings (SSSR count). The van der Waals surface area contributed by atoms with Crippen LogP contribution in [0.4, 0.5) is 4.39 Å². The number of rotatable bonds is 9. The first-order chi connectivity index (χ1) is 19.3. The van der Waals surface area contributed by atoms with Crippen LogP contribution in [0.3, 0.4) is 0 Å². The first kappa shape index (κ1) is 27.7. The van der Waals surface area contributed by atoms with Gasteiger partial charge in [-0.15, -0.1) is 0 Å². The van der Waals surface area contributed by atoms with Crippen molar-refractivity contribution in [1.29, 1.82) is 0 Å². The summed E-state index contributed by atoms with van der Waals surface area (Å²) in [7, 11) is 0. The Balaban J connectivity index is 1.68. The second-order valence-electron chi connectivity index (χ2n) is 11.2. The van der Waals surface area contributed by atoms with Gasteiger partial charge < -0.3 is 10.6 Å². The summed E-state index contributed by atoms with van der Waals surface area (Å²) in [5, 5.41) is 0. The molecule has 2 heterocycles. The van der Waals surface area contributed by atoms with E-state index in [9.17, 15) is 14.0 Å². The van der Waals surface area contributed by atoms with E-state index in [1.807, 2.05) is 60.9 Å². The molecule has 1 amide bonds. The average molecular weight is 541 g/mol. The zero-order chi connectivity index (χ0) is 28.4. The van der Waals surface area contributed by atoms with Crippen LogP contribution in [0.1, 0.15) is 70.8 Å². The van der Waals surface area contributed by atoms with Crippen molar-refractivity contribution in [2.75, 3.05) is 13.1 Å². The fraction of sp³-hybridized carbons (Fsp3) is 0.364. The molecule has 3 aromatic rings. The van der Waals surface area contributed by atoms with Crippen molar-refractivity contribution in [1.82, 2.24) is 14.5 Å². The van der Waals surface area contributed by atoms with Crippen LogP contribution in [-0.4, -0.2) is 33.4 Å². The van der Waals surface area contributed by atoms with Crippen LogP contribution < -0.4 is 11.3 Å². The largest absolute Gasteiger partial charge is 0.330 e. The van der Waals surface area contributed by atoms with E-state index in [0.717, 1.165) is 11.4 Å². The predicted octanol–water partition coefficient (Wildman–Crippen LogP) is 5.31. The molecule has 2 N–H and O–H groups in total.